The molecule has 4 rings (SSSR count). The second-order valence-electron chi connectivity index (χ2n) is 5.89. The molecule has 0 N–H and O–H groups in total. The van der Waals surface area contributed by atoms with Crippen LogP contribution in [0, 0.1) is 15.9 Å². The molecular weight excluding hydrogens is 377 g/mol. The number of benzene rings is 2. The van der Waals surface area contributed by atoms with Crippen LogP contribution in [-0.2, 0) is 4.79 Å². The molecule has 26 heavy (non-hydrogen) atoms. The second-order valence-corrected chi connectivity index (χ2v) is 7.37. The van der Waals surface area contributed by atoms with Crippen LogP contribution in [0.15, 0.2) is 48.5 Å². The number of fused-ring (bicyclic) bond motifs is 1. The van der Waals surface area contributed by atoms with Crippen molar-refractivity contribution in [3.63, 3.8) is 0 Å². The molecule has 6 nitrogen and oxygen atoms in total. The summed E-state index contributed by atoms with van der Waals surface area (Å²) in [6.45, 7) is 0. The lowest BCUT2D eigenvalue weighted by molar-refractivity contribution is -0.384. The zero-order valence-electron chi connectivity index (χ0n) is 13.2. The SMILES string of the molecule is O=C1[C@H]2CS[C@H](c3cccc([N+](=O)[O-])c3)N2C(=S)N1c1ccc(F)cc1. The van der Waals surface area contributed by atoms with E-state index in [1.807, 2.05) is 4.90 Å². The third kappa shape index (κ3) is 2.63. The lowest BCUT2D eigenvalue weighted by Crippen LogP contribution is -2.33. The number of halogens is 1. The van der Waals surface area contributed by atoms with E-state index in [0.717, 1.165) is 5.56 Å². The van der Waals surface area contributed by atoms with Gasteiger partial charge in [-0.05, 0) is 42.0 Å². The lowest BCUT2D eigenvalue weighted by Gasteiger charge is -2.25. The van der Waals surface area contributed by atoms with Crippen LogP contribution in [0.4, 0.5) is 15.8 Å². The number of carbonyl (C=O) groups excluding carboxylic acids is 1. The van der Waals surface area contributed by atoms with Crippen molar-refractivity contribution in [3.8, 4) is 0 Å². The molecule has 0 bridgehead atoms. The van der Waals surface area contributed by atoms with Crippen molar-refractivity contribution in [2.75, 3.05) is 10.7 Å². The van der Waals surface area contributed by atoms with Gasteiger partial charge in [0.25, 0.3) is 11.6 Å². The van der Waals surface area contributed by atoms with Gasteiger partial charge in [-0.3, -0.25) is 19.8 Å². The summed E-state index contributed by atoms with van der Waals surface area (Å²) in [4.78, 5) is 26.6. The quantitative estimate of drug-likeness (QED) is 0.455. The summed E-state index contributed by atoms with van der Waals surface area (Å²) in [5.41, 5.74) is 1.24. The third-order valence-corrected chi connectivity index (χ3v) is 6.09. The summed E-state index contributed by atoms with van der Waals surface area (Å²) >= 11 is 7.05. The second kappa shape index (κ2) is 6.33. The molecule has 0 unspecified atom stereocenters. The van der Waals surface area contributed by atoms with Crippen LogP contribution in [0.2, 0.25) is 0 Å². The van der Waals surface area contributed by atoms with Crippen molar-refractivity contribution in [3.05, 3.63) is 70.0 Å². The molecule has 2 aromatic carbocycles. The number of rotatable bonds is 3. The fourth-order valence-corrected chi connectivity index (χ4v) is 5.07. The minimum atomic E-state index is -0.446. The summed E-state index contributed by atoms with van der Waals surface area (Å²) in [6, 6.07) is 11.5. The van der Waals surface area contributed by atoms with Crippen molar-refractivity contribution in [2.45, 2.75) is 11.4 Å². The Labute approximate surface area is 157 Å². The van der Waals surface area contributed by atoms with E-state index < -0.39 is 16.8 Å². The molecule has 132 valence electrons. The Morgan fingerprint density at radius 3 is 2.65 bits per heavy atom. The first kappa shape index (κ1) is 16.9. The first-order valence-electron chi connectivity index (χ1n) is 7.75. The van der Waals surface area contributed by atoms with E-state index in [9.17, 15) is 19.3 Å². The maximum atomic E-state index is 13.2. The maximum Gasteiger partial charge on any atom is 0.269 e. The number of amides is 1. The van der Waals surface area contributed by atoms with Gasteiger partial charge in [0.2, 0.25) is 0 Å². The minimum absolute atomic E-state index is 0.00150. The Balaban J connectivity index is 1.68. The van der Waals surface area contributed by atoms with Crippen LogP contribution in [0.25, 0.3) is 0 Å². The summed E-state index contributed by atoms with van der Waals surface area (Å²) in [5.74, 6) is -0.0248. The summed E-state index contributed by atoms with van der Waals surface area (Å²) in [7, 11) is 0. The van der Waals surface area contributed by atoms with Crippen LogP contribution in [-0.4, -0.2) is 32.6 Å². The Morgan fingerprint density at radius 1 is 1.23 bits per heavy atom. The average molecular weight is 389 g/mol. The van der Waals surface area contributed by atoms with E-state index in [1.54, 1.807) is 12.1 Å². The Morgan fingerprint density at radius 2 is 1.96 bits per heavy atom. The highest BCUT2D eigenvalue weighted by Gasteiger charge is 2.50. The molecule has 0 aliphatic carbocycles. The van der Waals surface area contributed by atoms with E-state index in [2.05, 4.69) is 0 Å². The van der Waals surface area contributed by atoms with E-state index in [4.69, 9.17) is 12.2 Å². The van der Waals surface area contributed by atoms with E-state index in [1.165, 1.54) is 53.1 Å². The molecule has 2 aliphatic rings. The van der Waals surface area contributed by atoms with Crippen LogP contribution in [0.1, 0.15) is 10.9 Å². The highest BCUT2D eigenvalue weighted by molar-refractivity contribution is 7.99. The van der Waals surface area contributed by atoms with Gasteiger partial charge < -0.3 is 4.90 Å². The zero-order valence-corrected chi connectivity index (χ0v) is 14.9. The smallest absolute Gasteiger partial charge is 0.269 e. The van der Waals surface area contributed by atoms with E-state index >= 15 is 0 Å². The average Bonchev–Trinajstić information content (AvgIpc) is 3.17. The van der Waals surface area contributed by atoms with Gasteiger partial charge in [-0.15, -0.1) is 11.8 Å². The number of hydrogen-bond donors (Lipinski definition) is 0. The molecule has 2 aromatic rings. The topological polar surface area (TPSA) is 66.7 Å². The van der Waals surface area contributed by atoms with Crippen LogP contribution >= 0.6 is 24.0 Å². The fraction of sp³-hybridized carbons (Fsp3) is 0.176. The predicted octanol–water partition coefficient (Wildman–Crippen LogP) is 3.48. The predicted molar refractivity (Wildman–Crippen MR) is 100 cm³/mol. The molecule has 2 fully saturated rings. The van der Waals surface area contributed by atoms with Gasteiger partial charge in [-0.25, -0.2) is 4.39 Å². The van der Waals surface area contributed by atoms with Crippen molar-refractivity contribution >= 4 is 46.4 Å². The number of thiocarbonyl (C=S) groups is 1. The molecule has 0 aromatic heterocycles. The van der Waals surface area contributed by atoms with Gasteiger partial charge in [-0.1, -0.05) is 12.1 Å². The summed E-state index contributed by atoms with van der Waals surface area (Å²) in [6.07, 6.45) is 0. The monoisotopic (exact) mass is 389 g/mol. The third-order valence-electron chi connectivity index (χ3n) is 4.37. The van der Waals surface area contributed by atoms with Crippen LogP contribution in [0.5, 0.6) is 0 Å². The number of hydrogen-bond acceptors (Lipinski definition) is 5. The van der Waals surface area contributed by atoms with Gasteiger partial charge in [0.15, 0.2) is 5.11 Å². The van der Waals surface area contributed by atoms with Crippen molar-refractivity contribution in [1.29, 1.82) is 0 Å². The van der Waals surface area contributed by atoms with Crippen molar-refractivity contribution in [1.82, 2.24) is 4.90 Å². The van der Waals surface area contributed by atoms with Gasteiger partial charge in [0.1, 0.15) is 17.2 Å². The Bertz CT molecular complexity index is 922. The number of nitrogens with zero attached hydrogens (tertiary/aromatic N) is 3. The highest BCUT2D eigenvalue weighted by atomic mass is 32.2. The molecule has 1 amide bonds. The number of anilines is 1. The number of non-ortho nitro benzene ring substituents is 1. The lowest BCUT2D eigenvalue weighted by atomic mass is 10.1. The number of nitro groups is 1. The first-order valence-corrected chi connectivity index (χ1v) is 9.21. The number of nitro benzene ring substituents is 1. The minimum Gasteiger partial charge on any atom is -0.319 e. The van der Waals surface area contributed by atoms with Gasteiger partial charge in [-0.2, -0.15) is 0 Å². The number of thioether (sulfide) groups is 1. The molecular formula is C17H12FN3O3S2. The molecule has 0 radical (unpaired) electrons. The Kier molecular flexibility index (Phi) is 4.12. The van der Waals surface area contributed by atoms with Crippen LogP contribution < -0.4 is 4.90 Å². The normalized spacial score (nSPS) is 22.0. The fourth-order valence-electron chi connectivity index (χ4n) is 3.17. The summed E-state index contributed by atoms with van der Waals surface area (Å²) < 4.78 is 13.2. The zero-order chi connectivity index (χ0) is 18.4. The highest BCUT2D eigenvalue weighted by Crippen LogP contribution is 2.46. The standard InChI is InChI=1S/C17H12FN3O3S2/c18-11-4-6-12(7-5-11)19-15(22)14-9-26-16(20(14)17(19)25)10-2-1-3-13(8-10)21(23)24/h1-8,14,16H,9H2/t14-,16-/m1/s1. The molecule has 2 heterocycles. The molecule has 2 saturated heterocycles. The van der Waals surface area contributed by atoms with Gasteiger partial charge in [0, 0.05) is 17.9 Å². The molecule has 2 aliphatic heterocycles. The number of carbonyl (C=O) groups is 1. The van der Waals surface area contributed by atoms with E-state index in [0.29, 0.717) is 16.6 Å². The van der Waals surface area contributed by atoms with Gasteiger partial charge in [0.05, 0.1) is 10.6 Å². The molecule has 9 heteroatoms. The maximum absolute atomic E-state index is 13.2. The summed E-state index contributed by atoms with van der Waals surface area (Å²) in [5, 5.41) is 11.1. The van der Waals surface area contributed by atoms with Crippen LogP contribution in [0.3, 0.4) is 0 Å². The Hall–Kier alpha value is -2.52. The van der Waals surface area contributed by atoms with E-state index in [-0.39, 0.29) is 17.0 Å². The molecule has 0 spiro atoms. The van der Waals surface area contributed by atoms with Crippen molar-refractivity contribution in [2.24, 2.45) is 0 Å². The molecule has 2 atom stereocenters. The van der Waals surface area contributed by atoms with Gasteiger partial charge >= 0.3 is 0 Å². The first-order chi connectivity index (χ1) is 12.5. The van der Waals surface area contributed by atoms with Crippen molar-refractivity contribution < 1.29 is 14.1 Å². The molecule has 0 saturated carbocycles. The largest absolute Gasteiger partial charge is 0.319 e.